The molecule has 28 heavy (non-hydrogen) atoms. The number of sulfone groups is 1. The Morgan fingerprint density at radius 1 is 1.11 bits per heavy atom. The van der Waals surface area contributed by atoms with Crippen LogP contribution >= 0.6 is 12.4 Å². The van der Waals surface area contributed by atoms with E-state index in [0.29, 0.717) is 18.7 Å². The number of carbonyl (C=O) groups is 1. The number of amides is 1. The van der Waals surface area contributed by atoms with Crippen molar-refractivity contribution in [2.24, 2.45) is 5.73 Å². The summed E-state index contributed by atoms with van der Waals surface area (Å²) in [6.07, 6.45) is 0. The number of carbonyl (C=O) groups excluding carboxylic acids is 1. The number of nitrogens with zero attached hydrogens (tertiary/aromatic N) is 1. The molecule has 0 aromatic heterocycles. The second-order valence-electron chi connectivity index (χ2n) is 6.73. The molecule has 0 spiro atoms. The van der Waals surface area contributed by atoms with Gasteiger partial charge >= 0.3 is 0 Å². The van der Waals surface area contributed by atoms with Gasteiger partial charge in [0.2, 0.25) is 0 Å². The van der Waals surface area contributed by atoms with Gasteiger partial charge in [0.1, 0.15) is 0 Å². The molecule has 152 valence electrons. The summed E-state index contributed by atoms with van der Waals surface area (Å²) in [4.78, 5) is 14.7. The van der Waals surface area contributed by atoms with Crippen molar-refractivity contribution in [1.29, 1.82) is 0 Å². The Labute approximate surface area is 172 Å². The summed E-state index contributed by atoms with van der Waals surface area (Å²) in [5.41, 5.74) is 7.84. The largest absolute Gasteiger partial charge is 0.384 e. The van der Waals surface area contributed by atoms with E-state index in [2.05, 4.69) is 0 Å². The van der Waals surface area contributed by atoms with Crippen LogP contribution in [0.5, 0.6) is 0 Å². The molecule has 1 aliphatic heterocycles. The zero-order valence-corrected chi connectivity index (χ0v) is 17.3. The molecule has 2 aromatic rings. The van der Waals surface area contributed by atoms with E-state index in [1.54, 1.807) is 17.0 Å². The number of nitrogens with two attached hydrogens (primary N) is 1. The van der Waals surface area contributed by atoms with E-state index in [1.807, 2.05) is 30.3 Å². The highest BCUT2D eigenvalue weighted by Gasteiger charge is 2.34. The molecule has 1 aliphatic rings. The highest BCUT2D eigenvalue weighted by atomic mass is 35.5. The fourth-order valence-corrected chi connectivity index (χ4v) is 4.52. The molecule has 0 unspecified atom stereocenters. The maximum Gasteiger partial charge on any atom is 0.253 e. The van der Waals surface area contributed by atoms with Crippen molar-refractivity contribution in [3.63, 3.8) is 0 Å². The van der Waals surface area contributed by atoms with Gasteiger partial charge in [0.25, 0.3) is 5.91 Å². The number of halogens is 1. The van der Waals surface area contributed by atoms with Crippen LogP contribution in [0.1, 0.15) is 21.8 Å². The van der Waals surface area contributed by atoms with Gasteiger partial charge in [0, 0.05) is 37.7 Å². The molecule has 2 atom stereocenters. The maximum atomic E-state index is 12.8. The third kappa shape index (κ3) is 4.91. The predicted octanol–water partition coefficient (Wildman–Crippen LogP) is 2.10. The van der Waals surface area contributed by atoms with E-state index < -0.39 is 9.84 Å². The molecule has 0 bridgehead atoms. The van der Waals surface area contributed by atoms with Crippen LogP contribution in [-0.4, -0.2) is 57.8 Å². The minimum absolute atomic E-state index is 0. The first-order chi connectivity index (χ1) is 12.9. The average molecular weight is 425 g/mol. The molecule has 1 fully saturated rings. The van der Waals surface area contributed by atoms with Crippen LogP contribution in [0.15, 0.2) is 59.5 Å². The van der Waals surface area contributed by atoms with E-state index in [4.69, 9.17) is 10.5 Å². The van der Waals surface area contributed by atoms with E-state index >= 15 is 0 Å². The summed E-state index contributed by atoms with van der Waals surface area (Å²) in [5, 5.41) is 0. The van der Waals surface area contributed by atoms with Crippen molar-refractivity contribution in [3.05, 3.63) is 65.7 Å². The monoisotopic (exact) mass is 424 g/mol. The van der Waals surface area contributed by atoms with Gasteiger partial charge in [-0.1, -0.05) is 30.3 Å². The van der Waals surface area contributed by atoms with Crippen molar-refractivity contribution in [2.45, 2.75) is 16.9 Å². The summed E-state index contributed by atoms with van der Waals surface area (Å²) in [6.45, 7) is 1.17. The molecule has 3 rings (SSSR count). The van der Waals surface area contributed by atoms with Gasteiger partial charge in [0.15, 0.2) is 9.84 Å². The van der Waals surface area contributed by atoms with Gasteiger partial charge in [-0.2, -0.15) is 0 Å². The Morgan fingerprint density at radius 3 is 2.36 bits per heavy atom. The van der Waals surface area contributed by atoms with Crippen molar-refractivity contribution in [2.75, 3.05) is 32.6 Å². The smallest absolute Gasteiger partial charge is 0.253 e. The fourth-order valence-electron chi connectivity index (χ4n) is 3.35. The molecular formula is C20H25ClN2O4S. The van der Waals surface area contributed by atoms with Gasteiger partial charge in [-0.05, 0) is 29.8 Å². The van der Waals surface area contributed by atoms with Crippen LogP contribution < -0.4 is 5.73 Å². The van der Waals surface area contributed by atoms with Gasteiger partial charge in [-0.3, -0.25) is 4.79 Å². The lowest BCUT2D eigenvalue weighted by Gasteiger charge is -2.17. The number of methoxy groups -OCH3 is 1. The quantitative estimate of drug-likeness (QED) is 0.766. The number of ether oxygens (including phenoxy) is 1. The highest BCUT2D eigenvalue weighted by Crippen LogP contribution is 2.27. The number of hydrogen-bond donors (Lipinski definition) is 1. The Hall–Kier alpha value is -1.93. The Balaban J connectivity index is 0.00000280. The maximum absolute atomic E-state index is 12.8. The van der Waals surface area contributed by atoms with Crippen molar-refractivity contribution < 1.29 is 17.9 Å². The molecule has 1 amide bonds. The summed E-state index contributed by atoms with van der Waals surface area (Å²) in [7, 11) is -1.95. The third-order valence-electron chi connectivity index (χ3n) is 4.90. The molecule has 6 nitrogen and oxygen atoms in total. The lowest BCUT2D eigenvalue weighted by atomic mass is 9.95. The van der Waals surface area contributed by atoms with Crippen LogP contribution in [0.2, 0.25) is 0 Å². The fraction of sp³-hybridized carbons (Fsp3) is 0.350. The minimum atomic E-state index is -3.41. The van der Waals surface area contributed by atoms with Crippen LogP contribution in [0.4, 0.5) is 0 Å². The zero-order valence-electron chi connectivity index (χ0n) is 15.7. The first-order valence-electron chi connectivity index (χ1n) is 8.84. The molecule has 1 heterocycles. The van der Waals surface area contributed by atoms with Crippen LogP contribution in [0, 0.1) is 0 Å². The number of likely N-dealkylation sites (tertiary alicyclic amines) is 1. The minimum Gasteiger partial charge on any atom is -0.384 e. The van der Waals surface area contributed by atoms with Gasteiger partial charge in [-0.15, -0.1) is 12.4 Å². The molecule has 2 N–H and O–H groups in total. The molecule has 1 saturated heterocycles. The first kappa shape index (κ1) is 22.4. The topological polar surface area (TPSA) is 89.7 Å². The molecule has 0 aliphatic carbocycles. The molecular weight excluding hydrogens is 400 g/mol. The summed E-state index contributed by atoms with van der Waals surface area (Å²) >= 11 is 0. The molecule has 8 heteroatoms. The van der Waals surface area contributed by atoms with Crippen molar-refractivity contribution >= 4 is 28.2 Å². The molecule has 0 radical (unpaired) electrons. The lowest BCUT2D eigenvalue weighted by molar-refractivity contribution is 0.0789. The van der Waals surface area contributed by atoms with Crippen LogP contribution in [-0.2, 0) is 14.6 Å². The molecule has 0 saturated carbocycles. The van der Waals surface area contributed by atoms with E-state index in [1.165, 1.54) is 19.2 Å². The summed E-state index contributed by atoms with van der Waals surface area (Å²) in [6, 6.07) is 15.9. The van der Waals surface area contributed by atoms with Crippen molar-refractivity contribution in [3.8, 4) is 0 Å². The Bertz CT molecular complexity index is 888. The highest BCUT2D eigenvalue weighted by molar-refractivity contribution is 7.91. The second-order valence-corrected chi connectivity index (χ2v) is 8.84. The summed E-state index contributed by atoms with van der Waals surface area (Å²) in [5.74, 6) is -0.121. The van der Waals surface area contributed by atoms with Gasteiger partial charge in [-0.25, -0.2) is 8.42 Å². The van der Waals surface area contributed by atoms with Crippen molar-refractivity contribution in [1.82, 2.24) is 4.90 Å². The van der Waals surface area contributed by atoms with E-state index in [9.17, 15) is 13.2 Å². The number of benzene rings is 2. The lowest BCUT2D eigenvalue weighted by Crippen LogP contribution is -2.32. The van der Waals surface area contributed by atoms with Gasteiger partial charge in [0.05, 0.1) is 17.3 Å². The van der Waals surface area contributed by atoms with E-state index in [-0.39, 0.29) is 47.5 Å². The second kappa shape index (κ2) is 9.52. The zero-order chi connectivity index (χ0) is 19.4. The predicted molar refractivity (Wildman–Crippen MR) is 111 cm³/mol. The summed E-state index contributed by atoms with van der Waals surface area (Å²) < 4.78 is 29.2. The normalized spacial score (nSPS) is 19.3. The Morgan fingerprint density at radius 2 is 1.75 bits per heavy atom. The standard InChI is InChI=1S/C20H24N2O4S.ClH/c1-26-11-12-27(24,25)17-9-7-16(8-10-17)20(23)22-13-18(19(21)14-22)15-5-3-2-4-6-15;/h2-10,18-19H,11-14,21H2,1H3;1H/t18-,19+;/m0./s1. The first-order valence-corrected chi connectivity index (χ1v) is 10.5. The van der Waals surface area contributed by atoms with Gasteiger partial charge < -0.3 is 15.4 Å². The number of hydrogen-bond acceptors (Lipinski definition) is 5. The van der Waals surface area contributed by atoms with Crippen LogP contribution in [0.3, 0.4) is 0 Å². The molecule has 2 aromatic carbocycles. The number of rotatable bonds is 6. The third-order valence-corrected chi connectivity index (χ3v) is 6.59. The SMILES string of the molecule is COCCS(=O)(=O)c1ccc(C(=O)N2C[C@@H](N)[C@H](c3ccccc3)C2)cc1.Cl. The van der Waals surface area contributed by atoms with E-state index in [0.717, 1.165) is 5.56 Å². The Kier molecular flexibility index (Phi) is 7.60. The van der Waals surface area contributed by atoms with Crippen LogP contribution in [0.25, 0.3) is 0 Å². The average Bonchev–Trinajstić information content (AvgIpc) is 3.08.